The summed E-state index contributed by atoms with van der Waals surface area (Å²) in [4.78, 5) is 0.306. The minimum Gasteiger partial charge on any atom is -0.486 e. The highest BCUT2D eigenvalue weighted by Gasteiger charge is 2.23. The molecule has 13 heavy (non-hydrogen) atoms. The number of hydrogen-bond donors (Lipinski definition) is 0. The van der Waals surface area contributed by atoms with Gasteiger partial charge < -0.3 is 9.47 Å². The van der Waals surface area contributed by atoms with Gasteiger partial charge in [0.2, 0.25) is 0 Å². The molecule has 3 heteroatoms. The molecule has 0 N–H and O–H groups in total. The number of alkyl halides is 1. The minimum atomic E-state index is 0.106. The molecule has 70 valence electrons. The van der Waals surface area contributed by atoms with Gasteiger partial charge >= 0.3 is 0 Å². The summed E-state index contributed by atoms with van der Waals surface area (Å²) in [6.45, 7) is 2.67. The van der Waals surface area contributed by atoms with Crippen LogP contribution in [0, 0.1) is 0 Å². The highest BCUT2D eigenvalue weighted by atomic mass is 79.9. The second kappa shape index (κ2) is 3.58. The normalized spacial score (nSPS) is 22.5. The van der Waals surface area contributed by atoms with Crippen LogP contribution >= 0.6 is 15.9 Å². The second-order valence-corrected chi connectivity index (χ2v) is 4.54. The molecule has 1 aliphatic rings. The number of rotatable bonds is 1. The fraction of sp³-hybridized carbons (Fsp3) is 0.400. The van der Waals surface area contributed by atoms with E-state index in [1.807, 2.05) is 24.3 Å². The monoisotopic (exact) mass is 242 g/mol. The van der Waals surface area contributed by atoms with Crippen LogP contribution in [0.5, 0.6) is 11.5 Å². The summed E-state index contributed by atoms with van der Waals surface area (Å²) in [6, 6.07) is 7.74. The molecule has 0 amide bonds. The molecular formula is C10H11BrO2. The van der Waals surface area contributed by atoms with Crippen LogP contribution < -0.4 is 9.47 Å². The van der Waals surface area contributed by atoms with Gasteiger partial charge in [-0.15, -0.1) is 0 Å². The largest absolute Gasteiger partial charge is 0.486 e. The van der Waals surface area contributed by atoms with Gasteiger partial charge in [0.05, 0.1) is 4.83 Å². The summed E-state index contributed by atoms with van der Waals surface area (Å²) in [5, 5.41) is 0. The Balaban J connectivity index is 2.20. The zero-order valence-electron chi connectivity index (χ0n) is 7.37. The topological polar surface area (TPSA) is 18.5 Å². The van der Waals surface area contributed by atoms with E-state index in [-0.39, 0.29) is 6.10 Å². The zero-order chi connectivity index (χ0) is 9.26. The summed E-state index contributed by atoms with van der Waals surface area (Å²) in [5.74, 6) is 1.68. The summed E-state index contributed by atoms with van der Waals surface area (Å²) in [7, 11) is 0. The van der Waals surface area contributed by atoms with Crippen LogP contribution in [-0.4, -0.2) is 17.5 Å². The average molecular weight is 243 g/mol. The Morgan fingerprint density at radius 2 is 2.08 bits per heavy atom. The standard InChI is InChI=1S/C10H11BrO2/c1-7(11)10-6-12-8-4-2-3-5-9(8)13-10/h2-5,7,10H,6H2,1H3. The van der Waals surface area contributed by atoms with Crippen LogP contribution in [0.1, 0.15) is 6.92 Å². The van der Waals surface area contributed by atoms with Crippen molar-refractivity contribution in [1.29, 1.82) is 0 Å². The van der Waals surface area contributed by atoms with E-state index in [1.165, 1.54) is 0 Å². The maximum atomic E-state index is 5.72. The lowest BCUT2D eigenvalue weighted by Crippen LogP contribution is -2.35. The fourth-order valence-corrected chi connectivity index (χ4v) is 1.52. The summed E-state index contributed by atoms with van der Waals surface area (Å²) >= 11 is 3.48. The molecule has 2 atom stereocenters. The Labute approximate surface area is 86.0 Å². The van der Waals surface area contributed by atoms with Gasteiger partial charge in [0.1, 0.15) is 12.7 Å². The van der Waals surface area contributed by atoms with E-state index in [0.717, 1.165) is 11.5 Å². The number of benzene rings is 1. The van der Waals surface area contributed by atoms with E-state index < -0.39 is 0 Å². The Kier molecular flexibility index (Phi) is 2.44. The first-order valence-electron chi connectivity index (χ1n) is 4.30. The van der Waals surface area contributed by atoms with Crippen LogP contribution in [0.2, 0.25) is 0 Å². The van der Waals surface area contributed by atoms with E-state index in [4.69, 9.17) is 9.47 Å². The maximum absolute atomic E-state index is 5.72. The Hall–Kier alpha value is -0.700. The van der Waals surface area contributed by atoms with Gasteiger partial charge in [-0.1, -0.05) is 28.1 Å². The number of para-hydroxylation sites is 2. The molecule has 0 bridgehead atoms. The first-order chi connectivity index (χ1) is 6.27. The second-order valence-electron chi connectivity index (χ2n) is 3.09. The van der Waals surface area contributed by atoms with Crippen LogP contribution in [0.15, 0.2) is 24.3 Å². The van der Waals surface area contributed by atoms with Crippen molar-refractivity contribution in [2.75, 3.05) is 6.61 Å². The maximum Gasteiger partial charge on any atom is 0.161 e. The predicted molar refractivity (Wildman–Crippen MR) is 54.7 cm³/mol. The lowest BCUT2D eigenvalue weighted by Gasteiger charge is -2.27. The van der Waals surface area contributed by atoms with Crippen molar-refractivity contribution in [1.82, 2.24) is 0 Å². The van der Waals surface area contributed by atoms with Gasteiger partial charge in [0.15, 0.2) is 11.5 Å². The lowest BCUT2D eigenvalue weighted by atomic mass is 10.2. The SMILES string of the molecule is CC(Br)C1COc2ccccc2O1. The van der Waals surface area contributed by atoms with Crippen molar-refractivity contribution < 1.29 is 9.47 Å². The van der Waals surface area contributed by atoms with Gasteiger partial charge in [0, 0.05) is 0 Å². The van der Waals surface area contributed by atoms with Crippen molar-refractivity contribution >= 4 is 15.9 Å². The van der Waals surface area contributed by atoms with Crippen molar-refractivity contribution in [2.24, 2.45) is 0 Å². The summed E-state index contributed by atoms with van der Waals surface area (Å²) < 4.78 is 11.3. The van der Waals surface area contributed by atoms with Gasteiger partial charge in [-0.3, -0.25) is 0 Å². The molecule has 1 aromatic carbocycles. The minimum absolute atomic E-state index is 0.106. The summed E-state index contributed by atoms with van der Waals surface area (Å²) in [6.07, 6.45) is 0.106. The molecule has 0 saturated heterocycles. The van der Waals surface area contributed by atoms with Gasteiger partial charge in [0.25, 0.3) is 0 Å². The fourth-order valence-electron chi connectivity index (χ4n) is 1.26. The third-order valence-corrected chi connectivity index (χ3v) is 2.63. The lowest BCUT2D eigenvalue weighted by molar-refractivity contribution is 0.0934. The van der Waals surface area contributed by atoms with E-state index >= 15 is 0 Å². The van der Waals surface area contributed by atoms with E-state index in [0.29, 0.717) is 11.4 Å². The third kappa shape index (κ3) is 1.80. The Bertz CT molecular complexity index is 299. The Morgan fingerprint density at radius 3 is 2.77 bits per heavy atom. The first kappa shape index (κ1) is 8.88. The first-order valence-corrected chi connectivity index (χ1v) is 5.21. The molecule has 2 unspecified atom stereocenters. The number of halogens is 1. The highest BCUT2D eigenvalue weighted by molar-refractivity contribution is 9.09. The van der Waals surface area contributed by atoms with Crippen LogP contribution in [0.3, 0.4) is 0 Å². The average Bonchev–Trinajstić information content (AvgIpc) is 2.17. The molecular weight excluding hydrogens is 232 g/mol. The summed E-state index contributed by atoms with van der Waals surface area (Å²) in [5.41, 5.74) is 0. The highest BCUT2D eigenvalue weighted by Crippen LogP contribution is 2.32. The van der Waals surface area contributed by atoms with E-state index in [9.17, 15) is 0 Å². The van der Waals surface area contributed by atoms with Crippen molar-refractivity contribution in [3.05, 3.63) is 24.3 Å². The molecule has 2 rings (SSSR count). The molecule has 1 heterocycles. The van der Waals surface area contributed by atoms with Gasteiger partial charge in [-0.2, -0.15) is 0 Å². The van der Waals surface area contributed by atoms with Crippen molar-refractivity contribution in [2.45, 2.75) is 17.9 Å². The molecule has 1 aliphatic heterocycles. The molecule has 0 aromatic heterocycles. The molecule has 2 nitrogen and oxygen atoms in total. The number of fused-ring (bicyclic) bond motifs is 1. The van der Waals surface area contributed by atoms with Gasteiger partial charge in [-0.05, 0) is 19.1 Å². The molecule has 1 aromatic rings. The van der Waals surface area contributed by atoms with E-state index in [1.54, 1.807) is 0 Å². The smallest absolute Gasteiger partial charge is 0.161 e. The van der Waals surface area contributed by atoms with Gasteiger partial charge in [-0.25, -0.2) is 0 Å². The molecule has 0 aliphatic carbocycles. The van der Waals surface area contributed by atoms with E-state index in [2.05, 4.69) is 22.9 Å². The number of hydrogen-bond acceptors (Lipinski definition) is 2. The number of ether oxygens (including phenoxy) is 2. The molecule has 0 fully saturated rings. The molecule has 0 saturated carbocycles. The van der Waals surface area contributed by atoms with Crippen LogP contribution in [0.4, 0.5) is 0 Å². The van der Waals surface area contributed by atoms with Crippen molar-refractivity contribution in [3.63, 3.8) is 0 Å². The van der Waals surface area contributed by atoms with Crippen LogP contribution in [-0.2, 0) is 0 Å². The molecule has 0 radical (unpaired) electrons. The Morgan fingerprint density at radius 1 is 1.38 bits per heavy atom. The quantitative estimate of drug-likeness (QED) is 0.706. The van der Waals surface area contributed by atoms with Crippen LogP contribution in [0.25, 0.3) is 0 Å². The zero-order valence-corrected chi connectivity index (χ0v) is 8.95. The predicted octanol–water partition coefficient (Wildman–Crippen LogP) is 2.61. The van der Waals surface area contributed by atoms with Crippen molar-refractivity contribution in [3.8, 4) is 11.5 Å². The molecule has 0 spiro atoms. The third-order valence-electron chi connectivity index (χ3n) is 2.04.